The van der Waals surface area contributed by atoms with Crippen molar-refractivity contribution in [1.82, 2.24) is 14.1 Å². The van der Waals surface area contributed by atoms with Gasteiger partial charge in [-0.3, -0.25) is 9.59 Å². The van der Waals surface area contributed by atoms with E-state index in [4.69, 9.17) is 0 Å². The zero-order chi connectivity index (χ0) is 24.3. The SMILES string of the molecule is CCC1CCCCN1S(=O)(=O)c1ccc(NC(=O)c2nn(-c3cccc(C)c3)ccc2=O)cc1. The fourth-order valence-corrected chi connectivity index (χ4v) is 5.98. The van der Waals surface area contributed by atoms with Gasteiger partial charge in [-0.25, -0.2) is 13.1 Å². The van der Waals surface area contributed by atoms with E-state index in [2.05, 4.69) is 10.4 Å². The van der Waals surface area contributed by atoms with Crippen molar-refractivity contribution in [3.05, 3.63) is 82.3 Å². The van der Waals surface area contributed by atoms with E-state index in [1.54, 1.807) is 4.31 Å². The van der Waals surface area contributed by atoms with Crippen LogP contribution in [0.3, 0.4) is 0 Å². The highest BCUT2D eigenvalue weighted by Gasteiger charge is 2.32. The number of nitrogens with zero attached hydrogens (tertiary/aromatic N) is 3. The Labute approximate surface area is 199 Å². The lowest BCUT2D eigenvalue weighted by atomic mass is 10.0. The number of benzene rings is 2. The number of aromatic nitrogens is 2. The Bertz CT molecular complexity index is 1350. The van der Waals surface area contributed by atoms with Crippen LogP contribution in [0.5, 0.6) is 0 Å². The van der Waals surface area contributed by atoms with Crippen LogP contribution < -0.4 is 10.7 Å². The van der Waals surface area contributed by atoms with E-state index in [1.165, 1.54) is 41.2 Å². The topological polar surface area (TPSA) is 101 Å². The largest absolute Gasteiger partial charge is 0.320 e. The number of hydrogen-bond donors (Lipinski definition) is 1. The standard InChI is InChI=1S/C25H28N4O4S/c1-3-20-8-4-5-15-29(20)34(32,33)22-12-10-19(11-13-22)26-25(31)24-23(30)14-16-28(27-24)21-9-6-7-18(2)17-21/h6-7,9-14,16-17,20H,3-5,8,15H2,1-2H3,(H,26,31). The summed E-state index contributed by atoms with van der Waals surface area (Å²) in [6.07, 6.45) is 5.05. The summed E-state index contributed by atoms with van der Waals surface area (Å²) < 4.78 is 29.3. The molecular formula is C25H28N4O4S. The maximum Gasteiger partial charge on any atom is 0.280 e. The van der Waals surface area contributed by atoms with Crippen molar-refractivity contribution in [1.29, 1.82) is 0 Å². The highest BCUT2D eigenvalue weighted by atomic mass is 32.2. The number of aryl methyl sites for hydroxylation is 1. The van der Waals surface area contributed by atoms with Gasteiger partial charge >= 0.3 is 0 Å². The van der Waals surface area contributed by atoms with Crippen molar-refractivity contribution in [2.24, 2.45) is 0 Å². The minimum absolute atomic E-state index is 0.0119. The van der Waals surface area contributed by atoms with Crippen molar-refractivity contribution >= 4 is 21.6 Å². The molecule has 0 saturated carbocycles. The molecule has 178 valence electrons. The van der Waals surface area contributed by atoms with Gasteiger partial charge in [0.15, 0.2) is 5.69 Å². The molecule has 2 heterocycles. The molecule has 1 saturated heterocycles. The third-order valence-corrected chi connectivity index (χ3v) is 8.02. The predicted molar refractivity (Wildman–Crippen MR) is 131 cm³/mol. The molecule has 2 aromatic carbocycles. The summed E-state index contributed by atoms with van der Waals surface area (Å²) in [4.78, 5) is 25.3. The Morgan fingerprint density at radius 2 is 1.88 bits per heavy atom. The van der Waals surface area contributed by atoms with Gasteiger partial charge < -0.3 is 5.32 Å². The summed E-state index contributed by atoms with van der Waals surface area (Å²) in [7, 11) is -3.61. The van der Waals surface area contributed by atoms with Gasteiger partial charge in [0, 0.05) is 30.5 Å². The third kappa shape index (κ3) is 4.95. The average Bonchev–Trinajstić information content (AvgIpc) is 2.84. The Morgan fingerprint density at radius 1 is 1.12 bits per heavy atom. The lowest BCUT2D eigenvalue weighted by molar-refractivity contribution is 0.101. The van der Waals surface area contributed by atoms with E-state index in [9.17, 15) is 18.0 Å². The molecule has 1 amide bonds. The molecule has 0 aliphatic carbocycles. The van der Waals surface area contributed by atoms with E-state index in [-0.39, 0.29) is 16.6 Å². The minimum atomic E-state index is -3.61. The maximum absolute atomic E-state index is 13.1. The van der Waals surface area contributed by atoms with Crippen LogP contribution in [0.25, 0.3) is 5.69 Å². The Balaban J connectivity index is 1.53. The van der Waals surface area contributed by atoms with Crippen molar-refractivity contribution < 1.29 is 13.2 Å². The van der Waals surface area contributed by atoms with E-state index in [0.717, 1.165) is 36.9 Å². The molecular weight excluding hydrogens is 452 g/mol. The summed E-state index contributed by atoms with van der Waals surface area (Å²) in [5, 5.41) is 6.85. The number of carbonyl (C=O) groups is 1. The van der Waals surface area contributed by atoms with E-state index in [0.29, 0.717) is 12.2 Å². The molecule has 3 aromatic rings. The van der Waals surface area contributed by atoms with Gasteiger partial charge in [0.25, 0.3) is 5.91 Å². The number of anilines is 1. The molecule has 1 aliphatic heterocycles. The van der Waals surface area contributed by atoms with Gasteiger partial charge in [0.05, 0.1) is 10.6 Å². The first-order chi connectivity index (χ1) is 16.3. The number of piperidine rings is 1. The van der Waals surface area contributed by atoms with Gasteiger partial charge in [0.1, 0.15) is 0 Å². The van der Waals surface area contributed by atoms with Crippen LogP contribution in [-0.4, -0.2) is 41.0 Å². The fraction of sp³-hybridized carbons (Fsp3) is 0.320. The summed E-state index contributed by atoms with van der Waals surface area (Å²) in [6.45, 7) is 4.46. The van der Waals surface area contributed by atoms with Gasteiger partial charge in [-0.15, -0.1) is 0 Å². The molecule has 0 bridgehead atoms. The van der Waals surface area contributed by atoms with Crippen LogP contribution >= 0.6 is 0 Å². The van der Waals surface area contributed by atoms with Crippen LogP contribution in [0.4, 0.5) is 5.69 Å². The van der Waals surface area contributed by atoms with E-state index < -0.39 is 21.4 Å². The quantitative estimate of drug-likeness (QED) is 0.579. The molecule has 0 radical (unpaired) electrons. The normalized spacial score (nSPS) is 16.8. The highest BCUT2D eigenvalue weighted by molar-refractivity contribution is 7.89. The minimum Gasteiger partial charge on any atom is -0.320 e. The molecule has 1 N–H and O–H groups in total. The van der Waals surface area contributed by atoms with Crippen LogP contribution in [-0.2, 0) is 10.0 Å². The first kappa shape index (κ1) is 23.8. The lowest BCUT2D eigenvalue weighted by Crippen LogP contribution is -2.43. The Morgan fingerprint density at radius 3 is 2.59 bits per heavy atom. The monoisotopic (exact) mass is 480 g/mol. The third-order valence-electron chi connectivity index (χ3n) is 6.05. The van der Waals surface area contributed by atoms with E-state index in [1.807, 2.05) is 38.1 Å². The zero-order valence-corrected chi connectivity index (χ0v) is 20.1. The van der Waals surface area contributed by atoms with Crippen LogP contribution in [0, 0.1) is 6.92 Å². The van der Waals surface area contributed by atoms with Gasteiger partial charge in [-0.05, 0) is 68.1 Å². The second-order valence-electron chi connectivity index (χ2n) is 8.46. The molecule has 4 rings (SSSR count). The molecule has 1 unspecified atom stereocenters. The van der Waals surface area contributed by atoms with Crippen molar-refractivity contribution in [3.8, 4) is 5.69 Å². The summed E-state index contributed by atoms with van der Waals surface area (Å²) in [5.74, 6) is -0.662. The first-order valence-corrected chi connectivity index (χ1v) is 12.8. The smallest absolute Gasteiger partial charge is 0.280 e. The van der Waals surface area contributed by atoms with Crippen LogP contribution in [0.1, 0.15) is 48.7 Å². The second-order valence-corrected chi connectivity index (χ2v) is 10.4. The molecule has 8 nitrogen and oxygen atoms in total. The molecule has 9 heteroatoms. The van der Waals surface area contributed by atoms with Gasteiger partial charge in [0.2, 0.25) is 15.5 Å². The summed E-state index contributed by atoms with van der Waals surface area (Å²) >= 11 is 0. The maximum atomic E-state index is 13.1. The molecule has 1 aliphatic rings. The second kappa shape index (κ2) is 9.90. The lowest BCUT2D eigenvalue weighted by Gasteiger charge is -2.34. The number of carbonyl (C=O) groups excluding carboxylic acids is 1. The first-order valence-electron chi connectivity index (χ1n) is 11.4. The number of amides is 1. The number of rotatable bonds is 6. The molecule has 1 aromatic heterocycles. The van der Waals surface area contributed by atoms with Crippen molar-refractivity contribution in [2.45, 2.75) is 50.5 Å². The molecule has 1 fully saturated rings. The summed E-state index contributed by atoms with van der Waals surface area (Å²) in [6, 6.07) is 14.9. The molecule has 0 spiro atoms. The predicted octanol–water partition coefficient (Wildman–Crippen LogP) is 3.75. The van der Waals surface area contributed by atoms with Gasteiger partial charge in [-0.1, -0.05) is 25.5 Å². The average molecular weight is 481 g/mol. The number of hydrogen-bond acceptors (Lipinski definition) is 5. The number of sulfonamides is 1. The number of nitrogens with one attached hydrogen (secondary N) is 1. The van der Waals surface area contributed by atoms with Crippen molar-refractivity contribution in [2.75, 3.05) is 11.9 Å². The molecule has 34 heavy (non-hydrogen) atoms. The molecule has 1 atom stereocenters. The Kier molecular flexibility index (Phi) is 6.95. The Hall–Kier alpha value is -3.30. The fourth-order valence-electron chi connectivity index (χ4n) is 4.21. The van der Waals surface area contributed by atoms with Gasteiger partial charge in [-0.2, -0.15) is 9.40 Å². The van der Waals surface area contributed by atoms with Crippen LogP contribution in [0.15, 0.2) is 70.5 Å². The van der Waals surface area contributed by atoms with Crippen LogP contribution in [0.2, 0.25) is 0 Å². The summed E-state index contributed by atoms with van der Waals surface area (Å²) in [5.41, 5.74) is 1.37. The zero-order valence-electron chi connectivity index (χ0n) is 19.3. The van der Waals surface area contributed by atoms with E-state index >= 15 is 0 Å². The van der Waals surface area contributed by atoms with Crippen molar-refractivity contribution in [3.63, 3.8) is 0 Å². The highest BCUT2D eigenvalue weighted by Crippen LogP contribution is 2.27.